The minimum absolute atomic E-state index is 0.0575. The number of hydrogen-bond acceptors (Lipinski definition) is 5. The molecular weight excluding hydrogens is 378 g/mol. The molecule has 2 aromatic carbocycles. The molecule has 0 amide bonds. The molecule has 3 N–H and O–H groups in total. The predicted octanol–water partition coefficient (Wildman–Crippen LogP) is 4.42. The molecule has 1 aliphatic rings. The van der Waals surface area contributed by atoms with Crippen molar-refractivity contribution in [3.05, 3.63) is 65.2 Å². The number of carbonyl (C=O) groups excluding carboxylic acids is 1. The van der Waals surface area contributed by atoms with Crippen molar-refractivity contribution in [2.24, 2.45) is 11.7 Å². The summed E-state index contributed by atoms with van der Waals surface area (Å²) in [6, 6.07) is 14.8. The van der Waals surface area contributed by atoms with Crippen LogP contribution in [0.5, 0.6) is 5.75 Å². The molecule has 2 aromatic rings. The maximum absolute atomic E-state index is 12.4. The Labute approximate surface area is 179 Å². The molecule has 162 valence electrons. The quantitative estimate of drug-likeness (QED) is 0.628. The largest absolute Gasteiger partial charge is 0.490 e. The van der Waals surface area contributed by atoms with Crippen LogP contribution in [0.3, 0.4) is 0 Å². The summed E-state index contributed by atoms with van der Waals surface area (Å²) in [6.07, 6.45) is 5.49. The molecule has 1 fully saturated rings. The van der Waals surface area contributed by atoms with Crippen molar-refractivity contribution in [1.29, 1.82) is 0 Å². The fourth-order valence-corrected chi connectivity index (χ4v) is 4.12. The minimum atomic E-state index is -0.893. The topological polar surface area (TPSA) is 81.8 Å². The average Bonchev–Trinajstić information content (AvgIpc) is 2.79. The van der Waals surface area contributed by atoms with Gasteiger partial charge in [-0.2, -0.15) is 0 Å². The number of aliphatic hydroxyl groups excluding tert-OH is 1. The molecule has 3 atom stereocenters. The van der Waals surface area contributed by atoms with Crippen LogP contribution in [0.1, 0.15) is 66.6 Å². The SMILES string of the molecule is COC(=O)c1cc(C(O)C(N)C(C)Cc2ccccc2)ccc1OC1CCCCC1. The van der Waals surface area contributed by atoms with Crippen molar-refractivity contribution < 1.29 is 19.4 Å². The van der Waals surface area contributed by atoms with E-state index in [1.54, 1.807) is 18.2 Å². The van der Waals surface area contributed by atoms with Gasteiger partial charge in [-0.1, -0.05) is 49.7 Å². The molecule has 3 unspecified atom stereocenters. The van der Waals surface area contributed by atoms with Crippen molar-refractivity contribution >= 4 is 5.97 Å². The highest BCUT2D eigenvalue weighted by Crippen LogP contribution is 2.31. The molecule has 0 radical (unpaired) electrons. The van der Waals surface area contributed by atoms with E-state index < -0.39 is 18.1 Å². The highest BCUT2D eigenvalue weighted by Gasteiger charge is 2.26. The second kappa shape index (κ2) is 10.6. The molecular formula is C25H33NO4. The van der Waals surface area contributed by atoms with Gasteiger partial charge in [-0.25, -0.2) is 4.79 Å². The third-order valence-corrected chi connectivity index (χ3v) is 6.02. The Balaban J connectivity index is 1.75. The van der Waals surface area contributed by atoms with Gasteiger partial charge >= 0.3 is 5.97 Å². The van der Waals surface area contributed by atoms with Crippen LogP contribution in [-0.4, -0.2) is 30.3 Å². The number of methoxy groups -OCH3 is 1. The number of nitrogens with two attached hydrogens (primary N) is 1. The monoisotopic (exact) mass is 411 g/mol. The van der Waals surface area contributed by atoms with Crippen molar-refractivity contribution in [3.8, 4) is 5.75 Å². The average molecular weight is 412 g/mol. The molecule has 3 rings (SSSR count). The van der Waals surface area contributed by atoms with Gasteiger partial charge in [0.1, 0.15) is 11.3 Å². The first-order valence-corrected chi connectivity index (χ1v) is 10.9. The lowest BCUT2D eigenvalue weighted by Crippen LogP contribution is -2.36. The zero-order valence-electron chi connectivity index (χ0n) is 17.9. The molecule has 0 heterocycles. The third-order valence-electron chi connectivity index (χ3n) is 6.02. The summed E-state index contributed by atoms with van der Waals surface area (Å²) >= 11 is 0. The minimum Gasteiger partial charge on any atom is -0.490 e. The Bertz CT molecular complexity index is 817. The van der Waals surface area contributed by atoms with E-state index in [1.807, 2.05) is 25.1 Å². The number of carbonyl (C=O) groups is 1. The van der Waals surface area contributed by atoms with E-state index in [0.717, 1.165) is 32.1 Å². The molecule has 1 saturated carbocycles. The summed E-state index contributed by atoms with van der Waals surface area (Å²) in [5, 5.41) is 10.9. The van der Waals surface area contributed by atoms with E-state index in [-0.39, 0.29) is 12.0 Å². The van der Waals surface area contributed by atoms with Gasteiger partial charge in [0.25, 0.3) is 0 Å². The Kier molecular flexibility index (Phi) is 7.88. The molecule has 0 saturated heterocycles. The van der Waals surface area contributed by atoms with E-state index in [1.165, 1.54) is 19.1 Å². The summed E-state index contributed by atoms with van der Waals surface area (Å²) < 4.78 is 11.1. The van der Waals surface area contributed by atoms with Crippen molar-refractivity contribution in [1.82, 2.24) is 0 Å². The maximum atomic E-state index is 12.4. The van der Waals surface area contributed by atoms with Crippen LogP contribution in [0.4, 0.5) is 0 Å². The molecule has 30 heavy (non-hydrogen) atoms. The lowest BCUT2D eigenvalue weighted by Gasteiger charge is -2.27. The highest BCUT2D eigenvalue weighted by molar-refractivity contribution is 5.92. The Morgan fingerprint density at radius 3 is 2.50 bits per heavy atom. The van der Waals surface area contributed by atoms with E-state index in [4.69, 9.17) is 15.2 Å². The van der Waals surface area contributed by atoms with Crippen molar-refractivity contribution in [2.45, 2.75) is 63.7 Å². The van der Waals surface area contributed by atoms with Crippen LogP contribution in [0.2, 0.25) is 0 Å². The van der Waals surface area contributed by atoms with E-state index in [0.29, 0.717) is 16.9 Å². The number of rotatable bonds is 8. The first kappa shape index (κ1) is 22.3. The molecule has 0 bridgehead atoms. The molecule has 1 aliphatic carbocycles. The van der Waals surface area contributed by atoms with Crippen LogP contribution in [0.15, 0.2) is 48.5 Å². The molecule has 5 nitrogen and oxygen atoms in total. The lowest BCUT2D eigenvalue weighted by atomic mass is 9.88. The van der Waals surface area contributed by atoms with Crippen LogP contribution in [0.25, 0.3) is 0 Å². The lowest BCUT2D eigenvalue weighted by molar-refractivity contribution is 0.0589. The van der Waals surface area contributed by atoms with Gasteiger partial charge < -0.3 is 20.3 Å². The second-order valence-electron chi connectivity index (χ2n) is 8.31. The summed E-state index contributed by atoms with van der Waals surface area (Å²) in [5.41, 5.74) is 8.50. The number of ether oxygens (including phenoxy) is 2. The Morgan fingerprint density at radius 2 is 1.83 bits per heavy atom. The second-order valence-corrected chi connectivity index (χ2v) is 8.31. The Hall–Kier alpha value is -2.37. The fraction of sp³-hybridized carbons (Fsp3) is 0.480. The Morgan fingerprint density at radius 1 is 1.13 bits per heavy atom. The van der Waals surface area contributed by atoms with Gasteiger partial charge in [-0.15, -0.1) is 0 Å². The number of aliphatic hydroxyl groups is 1. The number of esters is 1. The third kappa shape index (κ3) is 5.61. The fourth-order valence-electron chi connectivity index (χ4n) is 4.12. The zero-order chi connectivity index (χ0) is 21.5. The van der Waals surface area contributed by atoms with Gasteiger partial charge in [0.15, 0.2) is 0 Å². The van der Waals surface area contributed by atoms with Crippen LogP contribution < -0.4 is 10.5 Å². The first-order chi connectivity index (χ1) is 14.5. The van der Waals surface area contributed by atoms with Crippen molar-refractivity contribution in [3.63, 3.8) is 0 Å². The van der Waals surface area contributed by atoms with E-state index in [2.05, 4.69) is 12.1 Å². The van der Waals surface area contributed by atoms with E-state index >= 15 is 0 Å². The smallest absolute Gasteiger partial charge is 0.341 e. The molecule has 0 aromatic heterocycles. The standard InChI is InChI=1S/C25H33NO4/c1-17(15-18-9-5-3-6-10-18)23(26)24(27)19-13-14-22(21(16-19)25(28)29-2)30-20-11-7-4-8-12-20/h3,5-6,9-10,13-14,16-17,20,23-24,27H,4,7-8,11-12,15,26H2,1-2H3. The van der Waals surface area contributed by atoms with Crippen molar-refractivity contribution in [2.75, 3.05) is 7.11 Å². The van der Waals surface area contributed by atoms with Gasteiger partial charge in [-0.05, 0) is 61.3 Å². The van der Waals surface area contributed by atoms with Gasteiger partial charge in [0.05, 0.1) is 19.3 Å². The predicted molar refractivity (Wildman–Crippen MR) is 118 cm³/mol. The first-order valence-electron chi connectivity index (χ1n) is 10.9. The van der Waals surface area contributed by atoms with Gasteiger partial charge in [0.2, 0.25) is 0 Å². The molecule has 0 aliphatic heterocycles. The van der Waals surface area contributed by atoms with Gasteiger partial charge in [0, 0.05) is 6.04 Å². The van der Waals surface area contributed by atoms with Gasteiger partial charge in [-0.3, -0.25) is 0 Å². The van der Waals surface area contributed by atoms with E-state index in [9.17, 15) is 9.90 Å². The normalized spacial score (nSPS) is 17.7. The van der Waals surface area contributed by atoms with Crippen LogP contribution in [0, 0.1) is 5.92 Å². The number of hydrogen-bond donors (Lipinski definition) is 2. The summed E-state index contributed by atoms with van der Waals surface area (Å²) in [6.45, 7) is 2.03. The summed E-state index contributed by atoms with van der Waals surface area (Å²) in [5.74, 6) is 0.0958. The van der Waals surface area contributed by atoms with Crippen LogP contribution >= 0.6 is 0 Å². The molecule has 5 heteroatoms. The molecule has 0 spiro atoms. The number of benzene rings is 2. The van der Waals surface area contributed by atoms with Crippen LogP contribution in [-0.2, 0) is 11.2 Å². The highest BCUT2D eigenvalue weighted by atomic mass is 16.5. The summed E-state index contributed by atoms with van der Waals surface area (Å²) in [7, 11) is 1.35. The maximum Gasteiger partial charge on any atom is 0.341 e. The summed E-state index contributed by atoms with van der Waals surface area (Å²) in [4.78, 5) is 12.4. The zero-order valence-corrected chi connectivity index (χ0v) is 17.9.